The zero-order valence-corrected chi connectivity index (χ0v) is 11.5. The van der Waals surface area contributed by atoms with Gasteiger partial charge >= 0.3 is 10.0 Å². The Labute approximate surface area is 96.3 Å². The first-order chi connectivity index (χ1) is 7.06. The van der Waals surface area contributed by atoms with E-state index in [4.69, 9.17) is 8.85 Å². The summed E-state index contributed by atoms with van der Waals surface area (Å²) >= 11 is 0. The van der Waals surface area contributed by atoms with Crippen LogP contribution in [0.3, 0.4) is 0 Å². The van der Waals surface area contributed by atoms with Crippen LogP contribution in [0.1, 0.15) is 40.5 Å². The average Bonchev–Trinajstić information content (AvgIpc) is 2.10. The van der Waals surface area contributed by atoms with Crippen molar-refractivity contribution in [2.45, 2.75) is 46.6 Å². The molecular formula is C11H23NO2Si. The average molecular weight is 229 g/mol. The van der Waals surface area contributed by atoms with Crippen molar-refractivity contribution in [1.29, 1.82) is 0 Å². The maximum atomic E-state index is 5.25. The van der Waals surface area contributed by atoms with Crippen molar-refractivity contribution in [2.24, 2.45) is 10.9 Å². The topological polar surface area (TPSA) is 30.8 Å². The maximum Gasteiger partial charge on any atom is 0.433 e. The predicted octanol–water partition coefficient (Wildman–Crippen LogP) is 2.47. The minimum Gasteiger partial charge on any atom is -0.396 e. The largest absolute Gasteiger partial charge is 0.433 e. The van der Waals surface area contributed by atoms with Crippen LogP contribution in [0.4, 0.5) is 0 Å². The molecule has 0 aromatic heterocycles. The van der Waals surface area contributed by atoms with Gasteiger partial charge in [-0.3, -0.25) is 4.99 Å². The van der Waals surface area contributed by atoms with Crippen LogP contribution in [-0.4, -0.2) is 35.5 Å². The quantitative estimate of drug-likeness (QED) is 0.364. The summed E-state index contributed by atoms with van der Waals surface area (Å²) in [5.41, 5.74) is 1.24. The number of aliphatic imine (C=N–C) groups is 1. The van der Waals surface area contributed by atoms with Gasteiger partial charge in [0.1, 0.15) is 0 Å². The van der Waals surface area contributed by atoms with Crippen LogP contribution in [0, 0.1) is 5.92 Å². The molecule has 3 nitrogen and oxygen atoms in total. The minimum atomic E-state index is 0.158. The molecule has 0 aromatic carbocycles. The van der Waals surface area contributed by atoms with Crippen LogP contribution in [0.15, 0.2) is 4.99 Å². The third-order valence-electron chi connectivity index (χ3n) is 1.92. The third-order valence-corrected chi connectivity index (χ3v) is 2.41. The van der Waals surface area contributed by atoms with E-state index < -0.39 is 0 Å². The number of nitrogens with zero attached hydrogens (tertiary/aromatic N) is 1. The first-order valence-electron chi connectivity index (χ1n) is 5.49. The van der Waals surface area contributed by atoms with Gasteiger partial charge < -0.3 is 8.85 Å². The molecule has 0 amide bonds. The highest BCUT2D eigenvalue weighted by Gasteiger charge is 2.02. The lowest BCUT2D eigenvalue weighted by molar-refractivity contribution is 0.247. The molecule has 0 fully saturated rings. The molecule has 15 heavy (non-hydrogen) atoms. The minimum absolute atomic E-state index is 0.158. The van der Waals surface area contributed by atoms with Gasteiger partial charge in [0.15, 0.2) is 0 Å². The first-order valence-corrected chi connectivity index (χ1v) is 6.31. The Morgan fingerprint density at radius 2 is 2.00 bits per heavy atom. The van der Waals surface area contributed by atoms with E-state index in [1.165, 1.54) is 5.71 Å². The molecule has 0 heterocycles. The zero-order valence-electron chi connectivity index (χ0n) is 10.5. The molecule has 0 saturated carbocycles. The van der Waals surface area contributed by atoms with Gasteiger partial charge in [0.2, 0.25) is 0 Å². The lowest BCUT2D eigenvalue weighted by Gasteiger charge is -2.09. The second kappa shape index (κ2) is 9.06. The van der Waals surface area contributed by atoms with Gasteiger partial charge in [-0.05, 0) is 32.6 Å². The maximum absolute atomic E-state index is 5.25. The van der Waals surface area contributed by atoms with E-state index in [1.54, 1.807) is 7.11 Å². The summed E-state index contributed by atoms with van der Waals surface area (Å²) in [6.07, 6.45) is 2.05. The second-order valence-electron chi connectivity index (χ2n) is 4.24. The summed E-state index contributed by atoms with van der Waals surface area (Å²) < 4.78 is 10.1. The van der Waals surface area contributed by atoms with Gasteiger partial charge in [0, 0.05) is 25.5 Å². The Bertz CT molecular complexity index is 183. The molecule has 0 aliphatic rings. The van der Waals surface area contributed by atoms with Crippen LogP contribution in [0.5, 0.6) is 0 Å². The highest BCUT2D eigenvalue weighted by molar-refractivity contribution is 6.17. The van der Waals surface area contributed by atoms with Crippen molar-refractivity contribution in [3.05, 3.63) is 0 Å². The third kappa shape index (κ3) is 10.1. The normalized spacial score (nSPS) is 14.7. The van der Waals surface area contributed by atoms with E-state index in [0.717, 1.165) is 19.4 Å². The molecule has 0 N–H and O–H groups in total. The Morgan fingerprint density at radius 1 is 1.33 bits per heavy atom. The van der Waals surface area contributed by atoms with Gasteiger partial charge in [-0.1, -0.05) is 13.8 Å². The fraction of sp³-hybridized carbons (Fsp3) is 0.909. The smallest absolute Gasteiger partial charge is 0.396 e. The van der Waals surface area contributed by atoms with E-state index >= 15 is 0 Å². The van der Waals surface area contributed by atoms with Crippen LogP contribution in [0.2, 0.25) is 0 Å². The van der Waals surface area contributed by atoms with E-state index in [2.05, 4.69) is 32.7 Å². The number of hydrogen-bond donors (Lipinski definition) is 0. The monoisotopic (exact) mass is 229 g/mol. The van der Waals surface area contributed by atoms with Gasteiger partial charge in [-0.2, -0.15) is 0 Å². The first kappa shape index (κ1) is 14.8. The molecule has 0 spiro atoms. The molecule has 2 radical (unpaired) electrons. The fourth-order valence-corrected chi connectivity index (χ4v) is 1.73. The van der Waals surface area contributed by atoms with Crippen molar-refractivity contribution in [1.82, 2.24) is 0 Å². The zero-order chi connectivity index (χ0) is 11.7. The van der Waals surface area contributed by atoms with Gasteiger partial charge in [0.05, 0.1) is 0 Å². The molecule has 0 saturated heterocycles. The van der Waals surface area contributed by atoms with Crippen molar-refractivity contribution < 1.29 is 8.85 Å². The number of rotatable bonds is 8. The summed E-state index contributed by atoms with van der Waals surface area (Å²) in [6, 6.07) is 0.352. The molecular weight excluding hydrogens is 206 g/mol. The van der Waals surface area contributed by atoms with E-state index in [-0.39, 0.29) is 10.0 Å². The van der Waals surface area contributed by atoms with Crippen LogP contribution < -0.4 is 0 Å². The van der Waals surface area contributed by atoms with Crippen LogP contribution >= 0.6 is 0 Å². The second-order valence-corrected chi connectivity index (χ2v) is 5.10. The van der Waals surface area contributed by atoms with E-state index in [1.807, 2.05) is 0 Å². The predicted molar refractivity (Wildman–Crippen MR) is 65.4 cm³/mol. The number of hydrogen-bond acceptors (Lipinski definition) is 3. The van der Waals surface area contributed by atoms with Crippen LogP contribution in [-0.2, 0) is 8.85 Å². The van der Waals surface area contributed by atoms with Gasteiger partial charge in [-0.25, -0.2) is 0 Å². The molecule has 0 aliphatic carbocycles. The molecule has 0 aliphatic heterocycles. The van der Waals surface area contributed by atoms with Gasteiger partial charge in [0.25, 0.3) is 0 Å². The summed E-state index contributed by atoms with van der Waals surface area (Å²) in [5.74, 6) is 0.687. The molecule has 1 atom stereocenters. The van der Waals surface area contributed by atoms with Crippen molar-refractivity contribution in [3.8, 4) is 0 Å². The SMILES string of the molecule is CO[Si]OCCC(C)N=C(C)CC(C)C. The molecule has 0 bridgehead atoms. The highest BCUT2D eigenvalue weighted by Crippen LogP contribution is 2.05. The van der Waals surface area contributed by atoms with Crippen molar-refractivity contribution in [2.75, 3.05) is 13.7 Å². The Hall–Kier alpha value is -0.193. The van der Waals surface area contributed by atoms with Crippen LogP contribution in [0.25, 0.3) is 0 Å². The lowest BCUT2D eigenvalue weighted by atomic mass is 10.1. The van der Waals surface area contributed by atoms with E-state index in [9.17, 15) is 0 Å². The summed E-state index contributed by atoms with van der Waals surface area (Å²) in [5, 5.41) is 0. The Kier molecular flexibility index (Phi) is 8.95. The molecule has 4 heteroatoms. The standard InChI is InChI=1S/C11H23NO2Si/c1-9(2)8-11(4)12-10(3)6-7-14-15-13-5/h9-10H,6-8H2,1-5H3. The summed E-state index contributed by atoms with van der Waals surface area (Å²) in [4.78, 5) is 4.61. The Balaban J connectivity index is 3.65. The van der Waals surface area contributed by atoms with Crippen molar-refractivity contribution >= 4 is 15.7 Å². The molecule has 0 rings (SSSR count). The van der Waals surface area contributed by atoms with Crippen molar-refractivity contribution in [3.63, 3.8) is 0 Å². The molecule has 0 aromatic rings. The van der Waals surface area contributed by atoms with E-state index in [0.29, 0.717) is 12.0 Å². The Morgan fingerprint density at radius 3 is 2.53 bits per heavy atom. The highest BCUT2D eigenvalue weighted by atomic mass is 28.3. The lowest BCUT2D eigenvalue weighted by Crippen LogP contribution is -2.10. The van der Waals surface area contributed by atoms with Gasteiger partial charge in [-0.15, -0.1) is 0 Å². The summed E-state index contributed by atoms with van der Waals surface area (Å²) in [6.45, 7) is 9.39. The fourth-order valence-electron chi connectivity index (χ4n) is 1.41. The molecule has 88 valence electrons. The summed E-state index contributed by atoms with van der Waals surface area (Å²) in [7, 11) is 1.80. The molecule has 1 unspecified atom stereocenters.